The van der Waals surface area contributed by atoms with E-state index < -0.39 is 18.2 Å². The number of oxime groups is 1. The molecule has 0 bridgehead atoms. The number of alkyl halides is 3. The largest absolute Gasteiger partial charge is 0.435 e. The van der Waals surface area contributed by atoms with E-state index in [9.17, 15) is 18.0 Å². The van der Waals surface area contributed by atoms with E-state index in [2.05, 4.69) is 10.5 Å². The molecule has 3 aliphatic rings. The number of thiophene rings is 1. The van der Waals surface area contributed by atoms with Crippen molar-refractivity contribution in [2.45, 2.75) is 44.1 Å². The third-order valence-corrected chi connectivity index (χ3v) is 7.53. The fourth-order valence-electron chi connectivity index (χ4n) is 3.95. The van der Waals surface area contributed by atoms with Crippen LogP contribution < -0.4 is 5.32 Å². The Balaban J connectivity index is 1.31. The maximum absolute atomic E-state index is 14.2. The maximum Gasteiger partial charge on any atom is 0.435 e. The van der Waals surface area contributed by atoms with Gasteiger partial charge in [0.25, 0.3) is 11.5 Å². The van der Waals surface area contributed by atoms with Gasteiger partial charge in [-0.3, -0.25) is 4.79 Å². The number of carbonyl (C=O) groups is 1. The second-order valence-corrected chi connectivity index (χ2v) is 10.3. The number of fused-ring (bicyclic) bond motifs is 1. The molecule has 1 aromatic carbocycles. The molecule has 0 saturated heterocycles. The van der Waals surface area contributed by atoms with Gasteiger partial charge in [-0.05, 0) is 48.6 Å². The summed E-state index contributed by atoms with van der Waals surface area (Å²) < 4.78 is 42.5. The van der Waals surface area contributed by atoms with E-state index in [1.165, 1.54) is 29.5 Å². The predicted molar refractivity (Wildman–Crippen MR) is 116 cm³/mol. The van der Waals surface area contributed by atoms with Crippen LogP contribution in [0.5, 0.6) is 0 Å². The molecule has 170 valence electrons. The Hall–Kier alpha value is -1.97. The van der Waals surface area contributed by atoms with Crippen molar-refractivity contribution in [3.05, 3.63) is 55.2 Å². The first-order chi connectivity index (χ1) is 15.1. The van der Waals surface area contributed by atoms with Gasteiger partial charge in [-0.25, -0.2) is 0 Å². The lowest BCUT2D eigenvalue weighted by molar-refractivity contribution is -0.275. The van der Waals surface area contributed by atoms with Gasteiger partial charge in [-0.15, -0.1) is 11.3 Å². The molecule has 1 aliphatic carbocycles. The lowest BCUT2D eigenvalue weighted by atomic mass is 9.89. The number of amidine groups is 1. The van der Waals surface area contributed by atoms with Crippen LogP contribution in [0, 0.1) is 5.92 Å². The van der Waals surface area contributed by atoms with Crippen molar-refractivity contribution in [1.29, 1.82) is 0 Å². The second kappa shape index (κ2) is 7.81. The van der Waals surface area contributed by atoms with E-state index in [4.69, 9.17) is 28.0 Å². The molecule has 1 saturated carbocycles. The molecule has 11 heteroatoms. The maximum atomic E-state index is 14.2. The van der Waals surface area contributed by atoms with Crippen molar-refractivity contribution in [2.75, 3.05) is 6.54 Å². The van der Waals surface area contributed by atoms with Gasteiger partial charge in [-0.2, -0.15) is 13.2 Å². The highest BCUT2D eigenvalue weighted by Crippen LogP contribution is 2.50. The highest BCUT2D eigenvalue weighted by molar-refractivity contribution is 7.14. The standard InChI is InChI=1S/C21H18Cl2F3N3O2S/c22-14-4-13(5-15(23)6-14)20(21(24,25)26)7-18(28-31-20)29-9-12-3-16(32-17(12)10-29)19(30)27-8-11-1-2-11/h3-6,11H,1-2,7-10H2,(H,27,30). The van der Waals surface area contributed by atoms with Crippen LogP contribution in [-0.4, -0.2) is 29.4 Å². The Labute approximate surface area is 196 Å². The number of benzene rings is 1. The molecule has 2 aliphatic heterocycles. The zero-order valence-corrected chi connectivity index (χ0v) is 19.0. The molecule has 5 nitrogen and oxygen atoms in total. The molecule has 0 spiro atoms. The Morgan fingerprint density at radius 2 is 1.94 bits per heavy atom. The number of hydrogen-bond acceptors (Lipinski definition) is 5. The molecule has 1 amide bonds. The number of amides is 1. The predicted octanol–water partition coefficient (Wildman–Crippen LogP) is 5.70. The Morgan fingerprint density at radius 1 is 1.22 bits per heavy atom. The molecule has 1 atom stereocenters. The minimum absolute atomic E-state index is 0.0871. The summed E-state index contributed by atoms with van der Waals surface area (Å²) in [5.74, 6) is 0.685. The summed E-state index contributed by atoms with van der Waals surface area (Å²) in [5, 5.41) is 6.92. The number of nitrogens with zero attached hydrogens (tertiary/aromatic N) is 2. The first-order valence-electron chi connectivity index (χ1n) is 10.1. The third kappa shape index (κ3) is 3.95. The van der Waals surface area contributed by atoms with Gasteiger partial charge in [0.05, 0.1) is 17.8 Å². The molecule has 1 unspecified atom stereocenters. The summed E-state index contributed by atoms with van der Waals surface area (Å²) in [4.78, 5) is 20.7. The van der Waals surface area contributed by atoms with E-state index in [0.717, 1.165) is 23.3 Å². The van der Waals surface area contributed by atoms with E-state index in [1.807, 2.05) is 6.07 Å². The van der Waals surface area contributed by atoms with Crippen molar-refractivity contribution in [2.24, 2.45) is 11.1 Å². The highest BCUT2D eigenvalue weighted by atomic mass is 35.5. The fourth-order valence-corrected chi connectivity index (χ4v) is 5.59. The van der Waals surface area contributed by atoms with Crippen LogP contribution in [0.25, 0.3) is 0 Å². The van der Waals surface area contributed by atoms with Crippen molar-refractivity contribution in [3.63, 3.8) is 0 Å². The lowest BCUT2D eigenvalue weighted by Crippen LogP contribution is -2.43. The van der Waals surface area contributed by atoms with Crippen LogP contribution in [0.1, 0.15) is 44.9 Å². The number of rotatable bonds is 4. The number of hydrogen-bond donors (Lipinski definition) is 1. The highest BCUT2D eigenvalue weighted by Gasteiger charge is 2.63. The Kier molecular flexibility index (Phi) is 5.34. The molecule has 1 fully saturated rings. The van der Waals surface area contributed by atoms with E-state index >= 15 is 0 Å². The van der Waals surface area contributed by atoms with Crippen molar-refractivity contribution in [1.82, 2.24) is 10.2 Å². The molecule has 1 aromatic heterocycles. The van der Waals surface area contributed by atoms with Crippen molar-refractivity contribution in [3.8, 4) is 0 Å². The van der Waals surface area contributed by atoms with E-state index in [-0.39, 0.29) is 27.4 Å². The molecule has 3 heterocycles. The van der Waals surface area contributed by atoms with Gasteiger partial charge in [0, 0.05) is 33.6 Å². The monoisotopic (exact) mass is 503 g/mol. The summed E-state index contributed by atoms with van der Waals surface area (Å²) in [6.07, 6.45) is -2.91. The minimum atomic E-state index is -4.73. The SMILES string of the molecule is O=C(NCC1CC1)c1cc2c(s1)CN(C1=NOC(c3cc(Cl)cc(Cl)c3)(C(F)(F)F)C1)C2. The van der Waals surface area contributed by atoms with Gasteiger partial charge in [0.15, 0.2) is 0 Å². The topological polar surface area (TPSA) is 53.9 Å². The fraction of sp³-hybridized carbons (Fsp3) is 0.429. The number of halogens is 5. The summed E-state index contributed by atoms with van der Waals surface area (Å²) >= 11 is 13.3. The summed E-state index contributed by atoms with van der Waals surface area (Å²) in [5.41, 5.74) is -1.92. The minimum Gasteiger partial charge on any atom is -0.372 e. The number of carbonyl (C=O) groups excluding carboxylic acids is 1. The van der Waals surface area contributed by atoms with Gasteiger partial charge >= 0.3 is 6.18 Å². The molecule has 1 N–H and O–H groups in total. The average molecular weight is 504 g/mol. The van der Waals surface area contributed by atoms with E-state index in [1.54, 1.807) is 4.90 Å². The van der Waals surface area contributed by atoms with Gasteiger partial charge < -0.3 is 15.1 Å². The Morgan fingerprint density at radius 3 is 2.56 bits per heavy atom. The average Bonchev–Trinajstić information content (AvgIpc) is 3.09. The lowest BCUT2D eigenvalue weighted by Gasteiger charge is -2.30. The molecular formula is C21H18Cl2F3N3O2S. The molecular weight excluding hydrogens is 486 g/mol. The second-order valence-electron chi connectivity index (χ2n) is 8.33. The third-order valence-electron chi connectivity index (χ3n) is 5.93. The van der Waals surface area contributed by atoms with Crippen LogP contribution in [0.3, 0.4) is 0 Å². The first kappa shape index (κ1) is 21.9. The Bertz CT molecular complexity index is 1070. The van der Waals surface area contributed by atoms with Crippen LogP contribution in [-0.2, 0) is 23.5 Å². The van der Waals surface area contributed by atoms with Crippen LogP contribution in [0.2, 0.25) is 10.0 Å². The zero-order chi connectivity index (χ0) is 22.7. The van der Waals surface area contributed by atoms with Gasteiger partial charge in [0.1, 0.15) is 5.84 Å². The zero-order valence-electron chi connectivity index (χ0n) is 16.6. The molecule has 32 heavy (non-hydrogen) atoms. The van der Waals surface area contributed by atoms with Crippen LogP contribution in [0.15, 0.2) is 29.4 Å². The van der Waals surface area contributed by atoms with Crippen molar-refractivity contribution >= 4 is 46.3 Å². The van der Waals surface area contributed by atoms with Gasteiger partial charge in [-0.1, -0.05) is 28.4 Å². The van der Waals surface area contributed by atoms with Crippen LogP contribution in [0.4, 0.5) is 13.2 Å². The molecule has 5 rings (SSSR count). The van der Waals surface area contributed by atoms with Crippen LogP contribution >= 0.6 is 34.5 Å². The number of nitrogens with one attached hydrogen (secondary N) is 1. The molecule has 0 radical (unpaired) electrons. The summed E-state index contributed by atoms with van der Waals surface area (Å²) in [6, 6.07) is 5.58. The van der Waals surface area contributed by atoms with Gasteiger partial charge in [0.2, 0.25) is 0 Å². The normalized spacial score (nSPS) is 22.5. The van der Waals surface area contributed by atoms with E-state index in [0.29, 0.717) is 30.4 Å². The van der Waals surface area contributed by atoms with Crippen molar-refractivity contribution < 1.29 is 22.8 Å². The quantitative estimate of drug-likeness (QED) is 0.581. The molecule has 2 aromatic rings. The summed E-state index contributed by atoms with van der Waals surface area (Å²) in [7, 11) is 0. The summed E-state index contributed by atoms with van der Waals surface area (Å²) in [6.45, 7) is 1.44. The smallest absolute Gasteiger partial charge is 0.372 e. The first-order valence-corrected chi connectivity index (χ1v) is 11.6.